The molecule has 0 atom stereocenters. The van der Waals surface area contributed by atoms with E-state index in [0.717, 1.165) is 22.5 Å². The Morgan fingerprint density at radius 3 is 2.18 bits per heavy atom. The van der Waals surface area contributed by atoms with Gasteiger partial charge in [-0.25, -0.2) is 18.0 Å². The summed E-state index contributed by atoms with van der Waals surface area (Å²) >= 11 is 0. The van der Waals surface area contributed by atoms with Gasteiger partial charge in [0.05, 0.1) is 26.5 Å². The molecule has 3 aromatic carbocycles. The highest BCUT2D eigenvalue weighted by Crippen LogP contribution is 2.42. The van der Waals surface area contributed by atoms with Crippen LogP contribution < -0.4 is 29.6 Å². The van der Waals surface area contributed by atoms with E-state index in [4.69, 9.17) is 4.52 Å². The highest BCUT2D eigenvalue weighted by molar-refractivity contribution is 7.91. The summed E-state index contributed by atoms with van der Waals surface area (Å²) in [6.07, 6.45) is 3.76. The first-order valence-corrected chi connectivity index (χ1v) is 13.7. The van der Waals surface area contributed by atoms with Gasteiger partial charge in [0.25, 0.3) is 0 Å². The fourth-order valence-corrected chi connectivity index (χ4v) is 6.43. The number of rotatable bonds is 6. The molecular formula is C30H29IN2O4S. The monoisotopic (exact) mass is 640 g/mol. The van der Waals surface area contributed by atoms with Crippen molar-refractivity contribution in [3.05, 3.63) is 106 Å². The fraction of sp³-hybridized carbons (Fsp3) is 0.200. The number of aromatic nitrogens is 1. The van der Waals surface area contributed by atoms with Gasteiger partial charge < -0.3 is 28.5 Å². The normalized spacial score (nSPS) is 14.5. The number of aryl methyl sites for hydroxylation is 1. The zero-order valence-electron chi connectivity index (χ0n) is 21.7. The second-order valence-corrected chi connectivity index (χ2v) is 11.5. The lowest BCUT2D eigenvalue weighted by atomic mass is 9.81. The van der Waals surface area contributed by atoms with Crippen molar-refractivity contribution in [1.29, 1.82) is 0 Å². The molecule has 8 heteroatoms. The van der Waals surface area contributed by atoms with Crippen LogP contribution in [0.5, 0.6) is 0 Å². The largest absolute Gasteiger partial charge is 1.00 e. The third kappa shape index (κ3) is 4.60. The van der Waals surface area contributed by atoms with Crippen LogP contribution in [0.15, 0.2) is 104 Å². The molecule has 0 fully saturated rings. The Morgan fingerprint density at radius 2 is 1.55 bits per heavy atom. The molecule has 0 saturated heterocycles. The summed E-state index contributed by atoms with van der Waals surface area (Å²) in [6, 6.07) is 23.5. The van der Waals surface area contributed by atoms with Gasteiger partial charge in [-0.1, -0.05) is 48.5 Å². The second kappa shape index (κ2) is 10.5. The highest BCUT2D eigenvalue weighted by atomic mass is 127. The van der Waals surface area contributed by atoms with Crippen LogP contribution in [0, 0.1) is 0 Å². The molecule has 1 aromatic heterocycles. The van der Waals surface area contributed by atoms with Crippen LogP contribution in [0.3, 0.4) is 0 Å². The molecule has 0 saturated carbocycles. The molecule has 0 aliphatic carbocycles. The zero-order valence-corrected chi connectivity index (χ0v) is 24.7. The molecule has 2 heterocycles. The van der Waals surface area contributed by atoms with Crippen molar-refractivity contribution in [2.75, 3.05) is 6.54 Å². The maximum atomic E-state index is 13.3. The van der Waals surface area contributed by atoms with Crippen LogP contribution in [0.25, 0.3) is 17.3 Å². The number of allylic oxidation sites excluding steroid dienone is 1. The van der Waals surface area contributed by atoms with Gasteiger partial charge >= 0.3 is 5.63 Å². The van der Waals surface area contributed by atoms with Gasteiger partial charge in [0, 0.05) is 30.3 Å². The Bertz CT molecular complexity index is 1720. The van der Waals surface area contributed by atoms with Gasteiger partial charge in [0.1, 0.15) is 6.54 Å². The number of fused-ring (bicyclic) bond motifs is 1. The molecule has 0 bridgehead atoms. The summed E-state index contributed by atoms with van der Waals surface area (Å²) in [7, 11) is -1.93. The van der Waals surface area contributed by atoms with Crippen molar-refractivity contribution < 1.29 is 41.5 Å². The van der Waals surface area contributed by atoms with Gasteiger partial charge in [0.15, 0.2) is 5.71 Å². The third-order valence-electron chi connectivity index (χ3n) is 7.01. The maximum Gasteiger partial charge on any atom is 0.365 e. The van der Waals surface area contributed by atoms with E-state index >= 15 is 0 Å². The molecule has 38 heavy (non-hydrogen) atoms. The highest BCUT2D eigenvalue weighted by Gasteiger charge is 2.44. The SMILES string of the molecule is CC[N+]1=C(C=Cc2c(-c3ccccc3)n(C)oc2=O)C(C)(C)c2cc(S(=O)(=O)c3ccccc3)ccc21.[I-]. The van der Waals surface area contributed by atoms with Crippen molar-refractivity contribution in [2.24, 2.45) is 7.05 Å². The molecule has 6 nitrogen and oxygen atoms in total. The average molecular weight is 641 g/mol. The van der Waals surface area contributed by atoms with E-state index in [1.807, 2.05) is 42.5 Å². The van der Waals surface area contributed by atoms with Crippen LogP contribution in [-0.4, -0.2) is 30.0 Å². The number of sulfone groups is 1. The molecule has 0 N–H and O–H groups in total. The summed E-state index contributed by atoms with van der Waals surface area (Å²) in [5.74, 6) is 0. The molecule has 196 valence electrons. The standard InChI is InChI=1S/C30H29N2O4S.HI/c1-5-32-26-18-16-23(37(34,35)22-14-10-7-11-15-22)20-25(26)30(2,3)27(32)19-17-24-28(31(4)36-29(24)33)21-12-8-6-9-13-21;/h6-20H,5H2,1-4H3;1H/q+1;/p-1. The van der Waals surface area contributed by atoms with Gasteiger partial charge in [0.2, 0.25) is 15.5 Å². The summed E-state index contributed by atoms with van der Waals surface area (Å²) in [6.45, 7) is 6.90. The Hall–Kier alpha value is -3.24. The topological polar surface area (TPSA) is 72.3 Å². The number of benzene rings is 3. The lowest BCUT2D eigenvalue weighted by molar-refractivity contribution is -0.433. The summed E-state index contributed by atoms with van der Waals surface area (Å²) < 4.78 is 35.7. The van der Waals surface area contributed by atoms with Gasteiger partial charge in [-0.05, 0) is 51.1 Å². The number of hydrogen-bond donors (Lipinski definition) is 0. The first kappa shape index (κ1) is 27.8. The Morgan fingerprint density at radius 1 is 0.921 bits per heavy atom. The Balaban J connectivity index is 0.00000336. The van der Waals surface area contributed by atoms with Crippen LogP contribution in [0.1, 0.15) is 31.9 Å². The predicted molar refractivity (Wildman–Crippen MR) is 145 cm³/mol. The Labute approximate surface area is 239 Å². The Kier molecular flexibility index (Phi) is 7.67. The van der Waals surface area contributed by atoms with E-state index in [0.29, 0.717) is 17.8 Å². The maximum absolute atomic E-state index is 13.3. The smallest absolute Gasteiger partial charge is 0.365 e. The molecular weight excluding hydrogens is 611 g/mol. The van der Waals surface area contributed by atoms with Crippen LogP contribution in [0.2, 0.25) is 0 Å². The molecule has 5 rings (SSSR count). The summed E-state index contributed by atoms with van der Waals surface area (Å²) in [5, 5.41) is 0. The van der Waals surface area contributed by atoms with Gasteiger partial charge in [-0.2, -0.15) is 4.58 Å². The van der Waals surface area contributed by atoms with Gasteiger partial charge in [-0.3, -0.25) is 0 Å². The van der Waals surface area contributed by atoms with Gasteiger partial charge in [-0.15, -0.1) is 0 Å². The molecule has 0 unspecified atom stereocenters. The first-order chi connectivity index (χ1) is 17.7. The number of halogens is 1. The predicted octanol–water partition coefficient (Wildman–Crippen LogP) is 2.59. The van der Waals surface area contributed by atoms with Crippen LogP contribution in [-0.2, 0) is 22.3 Å². The number of nitrogens with zero attached hydrogens (tertiary/aromatic N) is 2. The van der Waals surface area contributed by atoms with Crippen molar-refractivity contribution >= 4 is 27.3 Å². The zero-order chi connectivity index (χ0) is 26.4. The first-order valence-electron chi connectivity index (χ1n) is 12.2. The van der Waals surface area contributed by atoms with Crippen LogP contribution >= 0.6 is 0 Å². The minimum Gasteiger partial charge on any atom is -1.00 e. The van der Waals surface area contributed by atoms with E-state index in [9.17, 15) is 13.2 Å². The average Bonchev–Trinajstić information content (AvgIpc) is 3.30. The molecule has 0 spiro atoms. The minimum absolute atomic E-state index is 0. The van der Waals surface area contributed by atoms with Crippen molar-refractivity contribution in [3.63, 3.8) is 0 Å². The summed E-state index contributed by atoms with van der Waals surface area (Å²) in [4.78, 5) is 13.3. The van der Waals surface area contributed by atoms with Crippen LogP contribution in [0.4, 0.5) is 5.69 Å². The third-order valence-corrected chi connectivity index (χ3v) is 8.78. The van der Waals surface area contributed by atoms with E-state index in [2.05, 4.69) is 25.3 Å². The second-order valence-electron chi connectivity index (χ2n) is 9.59. The van der Waals surface area contributed by atoms with Crippen molar-refractivity contribution in [1.82, 2.24) is 4.74 Å². The lowest BCUT2D eigenvalue weighted by Gasteiger charge is -2.16. The summed E-state index contributed by atoms with van der Waals surface area (Å²) in [5.41, 5.74) is 4.01. The lowest BCUT2D eigenvalue weighted by Crippen LogP contribution is -3.00. The van der Waals surface area contributed by atoms with Crippen molar-refractivity contribution in [2.45, 2.75) is 36.0 Å². The fourth-order valence-electron chi connectivity index (χ4n) is 5.13. The van der Waals surface area contributed by atoms with E-state index in [1.54, 1.807) is 55.6 Å². The molecule has 1 aliphatic rings. The number of hydrogen-bond acceptors (Lipinski definition) is 4. The molecule has 0 amide bonds. The van der Waals surface area contributed by atoms with Crippen molar-refractivity contribution in [3.8, 4) is 11.3 Å². The molecule has 1 aliphatic heterocycles. The van der Waals surface area contributed by atoms with E-state index in [1.165, 1.54) is 4.74 Å². The van der Waals surface area contributed by atoms with E-state index in [-0.39, 0.29) is 33.8 Å². The quantitative estimate of drug-likeness (QED) is 0.240. The minimum atomic E-state index is -3.65. The molecule has 4 aromatic rings. The molecule has 0 radical (unpaired) electrons. The van der Waals surface area contributed by atoms with E-state index < -0.39 is 20.9 Å².